The summed E-state index contributed by atoms with van der Waals surface area (Å²) < 4.78 is 2.19. The van der Waals surface area contributed by atoms with Crippen LogP contribution in [0.2, 0.25) is 10.0 Å². The van der Waals surface area contributed by atoms with Gasteiger partial charge in [0.15, 0.2) is 0 Å². The van der Waals surface area contributed by atoms with Crippen molar-refractivity contribution in [3.8, 4) is 11.3 Å². The fraction of sp³-hybridized carbons (Fsp3) is 0.226. The summed E-state index contributed by atoms with van der Waals surface area (Å²) in [6.07, 6.45) is 3.66. The quantitative estimate of drug-likeness (QED) is 0.294. The highest BCUT2D eigenvalue weighted by molar-refractivity contribution is 6.31. The zero-order valence-electron chi connectivity index (χ0n) is 20.8. The molecule has 1 N–H and O–H groups in total. The second kappa shape index (κ2) is 10.3. The Morgan fingerprint density at radius 1 is 0.763 bits per heavy atom. The number of amides is 2. The molecule has 0 atom stereocenters. The molecule has 4 aromatic rings. The number of anilines is 1. The first-order chi connectivity index (χ1) is 18.5. The molecule has 192 valence electrons. The van der Waals surface area contributed by atoms with Gasteiger partial charge in [0, 0.05) is 57.9 Å². The summed E-state index contributed by atoms with van der Waals surface area (Å²) in [4.78, 5) is 29.2. The van der Waals surface area contributed by atoms with Crippen molar-refractivity contribution < 1.29 is 9.59 Å². The number of rotatable bonds is 4. The second-order valence-corrected chi connectivity index (χ2v) is 10.8. The number of benzene rings is 3. The van der Waals surface area contributed by atoms with Gasteiger partial charge in [-0.1, -0.05) is 47.5 Å². The molecule has 0 unspecified atom stereocenters. The van der Waals surface area contributed by atoms with Gasteiger partial charge in [0.2, 0.25) is 0 Å². The summed E-state index contributed by atoms with van der Waals surface area (Å²) in [5.41, 5.74) is 6.99. The lowest BCUT2D eigenvalue weighted by Gasteiger charge is -2.30. The molecule has 5 nitrogen and oxygen atoms in total. The summed E-state index contributed by atoms with van der Waals surface area (Å²) in [7, 11) is 0. The van der Waals surface area contributed by atoms with E-state index in [1.165, 1.54) is 11.1 Å². The van der Waals surface area contributed by atoms with Gasteiger partial charge >= 0.3 is 0 Å². The third-order valence-electron chi connectivity index (χ3n) is 7.51. The monoisotopic (exact) mass is 543 g/mol. The number of hydrogen-bond donors (Lipinski definition) is 1. The number of nitrogens with one attached hydrogen (secondary N) is 1. The first-order valence-electron chi connectivity index (χ1n) is 12.9. The lowest BCUT2D eigenvalue weighted by molar-refractivity contribution is 0.0735. The maximum Gasteiger partial charge on any atom is 0.257 e. The van der Waals surface area contributed by atoms with E-state index in [1.807, 2.05) is 35.2 Å². The van der Waals surface area contributed by atoms with E-state index >= 15 is 0 Å². The van der Waals surface area contributed by atoms with Crippen molar-refractivity contribution in [1.82, 2.24) is 9.47 Å². The Labute approximate surface area is 232 Å². The van der Waals surface area contributed by atoms with Gasteiger partial charge in [-0.3, -0.25) is 9.59 Å². The lowest BCUT2D eigenvalue weighted by Crippen LogP contribution is -2.36. The number of halogens is 2. The van der Waals surface area contributed by atoms with Gasteiger partial charge in [-0.15, -0.1) is 0 Å². The molecule has 3 heterocycles. The number of carbonyl (C=O) groups excluding carboxylic acids is 2. The fourth-order valence-electron chi connectivity index (χ4n) is 5.58. The predicted molar refractivity (Wildman–Crippen MR) is 152 cm³/mol. The molecule has 6 rings (SSSR count). The van der Waals surface area contributed by atoms with E-state index in [2.05, 4.69) is 22.0 Å². The van der Waals surface area contributed by atoms with E-state index < -0.39 is 0 Å². The molecule has 0 radical (unpaired) electrons. The van der Waals surface area contributed by atoms with E-state index in [0.29, 0.717) is 39.9 Å². The highest BCUT2D eigenvalue weighted by Gasteiger charge is 2.28. The summed E-state index contributed by atoms with van der Waals surface area (Å²) in [6, 6.07) is 22.7. The summed E-state index contributed by atoms with van der Waals surface area (Å²) in [5.74, 6) is -0.198. The zero-order chi connectivity index (χ0) is 26.2. The van der Waals surface area contributed by atoms with Crippen molar-refractivity contribution in [2.45, 2.75) is 38.8 Å². The minimum absolute atomic E-state index is 0.0234. The number of hydrogen-bond acceptors (Lipinski definition) is 2. The van der Waals surface area contributed by atoms with Gasteiger partial charge in [-0.2, -0.15) is 0 Å². The van der Waals surface area contributed by atoms with Crippen LogP contribution in [0.1, 0.15) is 50.4 Å². The second-order valence-electron chi connectivity index (χ2n) is 9.90. The minimum atomic E-state index is -0.174. The van der Waals surface area contributed by atoms with Crippen molar-refractivity contribution in [2.75, 3.05) is 11.9 Å². The van der Waals surface area contributed by atoms with E-state index in [-0.39, 0.29) is 11.8 Å². The Bertz CT molecular complexity index is 1540. The molecular formula is C31H27Cl2N3O2. The Hall–Kier alpha value is -3.54. The van der Waals surface area contributed by atoms with Crippen molar-refractivity contribution >= 4 is 40.7 Å². The van der Waals surface area contributed by atoms with Crippen molar-refractivity contribution in [3.05, 3.63) is 111 Å². The number of aromatic nitrogens is 1. The predicted octanol–water partition coefficient (Wildman–Crippen LogP) is 7.25. The third kappa shape index (κ3) is 4.72. The summed E-state index contributed by atoms with van der Waals surface area (Å²) in [6.45, 7) is 2.03. The topological polar surface area (TPSA) is 54.3 Å². The molecule has 0 fully saturated rings. The maximum absolute atomic E-state index is 13.9. The third-order valence-corrected chi connectivity index (χ3v) is 7.99. The van der Waals surface area contributed by atoms with Gasteiger partial charge < -0.3 is 14.8 Å². The van der Waals surface area contributed by atoms with Crippen LogP contribution >= 0.6 is 23.2 Å². The Balaban J connectivity index is 1.37. The average Bonchev–Trinajstić information content (AvgIpc) is 3.33. The first-order valence-corrected chi connectivity index (χ1v) is 13.7. The van der Waals surface area contributed by atoms with Crippen LogP contribution in [-0.4, -0.2) is 27.8 Å². The molecular weight excluding hydrogens is 517 g/mol. The Morgan fingerprint density at radius 3 is 2.34 bits per heavy atom. The molecule has 0 saturated carbocycles. The Kier molecular flexibility index (Phi) is 6.73. The maximum atomic E-state index is 13.9. The van der Waals surface area contributed by atoms with Crippen LogP contribution < -0.4 is 5.32 Å². The van der Waals surface area contributed by atoms with Gasteiger partial charge in [0.05, 0.1) is 5.56 Å². The number of nitrogens with zero attached hydrogens (tertiary/aromatic N) is 2. The SMILES string of the molecule is O=C(Nc1ccc(Cl)cc1)c1cc(-c2cc(Cl)ccc2C(=O)N2CCc3ccccc3C2)n2c1CCCC2. The normalized spacial score (nSPS) is 14.5. The molecule has 0 spiro atoms. The summed E-state index contributed by atoms with van der Waals surface area (Å²) >= 11 is 12.5. The van der Waals surface area contributed by atoms with Crippen LogP contribution in [0.3, 0.4) is 0 Å². The van der Waals surface area contributed by atoms with Crippen molar-refractivity contribution in [2.24, 2.45) is 0 Å². The average molecular weight is 544 g/mol. The molecule has 38 heavy (non-hydrogen) atoms. The molecule has 2 aliphatic rings. The van der Waals surface area contributed by atoms with Crippen LogP contribution in [0, 0.1) is 0 Å². The Morgan fingerprint density at radius 2 is 1.53 bits per heavy atom. The largest absolute Gasteiger partial charge is 0.344 e. The van der Waals surface area contributed by atoms with E-state index in [1.54, 1.807) is 30.3 Å². The van der Waals surface area contributed by atoms with Crippen LogP contribution in [0.15, 0.2) is 72.8 Å². The number of carbonyl (C=O) groups is 2. The number of fused-ring (bicyclic) bond motifs is 2. The highest BCUT2D eigenvalue weighted by Crippen LogP contribution is 2.35. The molecule has 0 saturated heterocycles. The molecule has 2 aliphatic heterocycles. The van der Waals surface area contributed by atoms with Gasteiger partial charge in [-0.05, 0) is 85.3 Å². The van der Waals surface area contributed by atoms with E-state index in [0.717, 1.165) is 49.2 Å². The highest BCUT2D eigenvalue weighted by atomic mass is 35.5. The van der Waals surface area contributed by atoms with E-state index in [9.17, 15) is 9.59 Å². The fourth-order valence-corrected chi connectivity index (χ4v) is 5.88. The van der Waals surface area contributed by atoms with Gasteiger partial charge in [0.1, 0.15) is 0 Å². The van der Waals surface area contributed by atoms with Gasteiger partial charge in [0.25, 0.3) is 11.8 Å². The van der Waals surface area contributed by atoms with Crippen molar-refractivity contribution in [1.29, 1.82) is 0 Å². The zero-order valence-corrected chi connectivity index (χ0v) is 22.4. The van der Waals surface area contributed by atoms with Gasteiger partial charge in [-0.25, -0.2) is 0 Å². The first kappa shape index (κ1) is 24.8. The molecule has 1 aromatic heterocycles. The van der Waals surface area contributed by atoms with E-state index in [4.69, 9.17) is 23.2 Å². The molecule has 3 aromatic carbocycles. The van der Waals surface area contributed by atoms with Crippen LogP contribution in [-0.2, 0) is 25.9 Å². The molecule has 7 heteroatoms. The minimum Gasteiger partial charge on any atom is -0.344 e. The molecule has 0 aliphatic carbocycles. The molecule has 2 amide bonds. The molecule has 0 bridgehead atoms. The summed E-state index contributed by atoms with van der Waals surface area (Å²) in [5, 5.41) is 4.17. The lowest BCUT2D eigenvalue weighted by atomic mass is 9.97. The van der Waals surface area contributed by atoms with Crippen molar-refractivity contribution in [3.63, 3.8) is 0 Å². The van der Waals surface area contributed by atoms with Crippen LogP contribution in [0.4, 0.5) is 5.69 Å². The standard InChI is InChI=1S/C31H27Cl2N3O2/c32-22-8-11-24(12-9-22)34-30(37)27-18-29(36-15-4-3-7-28(27)36)26-17-23(33)10-13-25(26)31(38)35-16-14-20-5-1-2-6-21(20)19-35/h1-2,5-6,8-13,17-18H,3-4,7,14-16,19H2,(H,34,37). The van der Waals surface area contributed by atoms with Crippen LogP contribution in [0.25, 0.3) is 11.3 Å². The van der Waals surface area contributed by atoms with Crippen LogP contribution in [0.5, 0.6) is 0 Å². The smallest absolute Gasteiger partial charge is 0.257 e.